The Bertz CT molecular complexity index is 1000. The lowest BCUT2D eigenvalue weighted by Crippen LogP contribution is -2.35. The number of H-pyrrole nitrogens is 1. The maximum atomic E-state index is 13.0. The summed E-state index contributed by atoms with van der Waals surface area (Å²) >= 11 is 7.97. The minimum atomic E-state index is 0.207. The van der Waals surface area contributed by atoms with Crippen molar-refractivity contribution in [3.8, 4) is 11.1 Å². The van der Waals surface area contributed by atoms with Crippen LogP contribution in [0.4, 0.5) is 5.69 Å². The minimum Gasteiger partial charge on any atom is -0.312 e. The number of aromatic amines is 1. The van der Waals surface area contributed by atoms with Crippen molar-refractivity contribution >= 4 is 35.0 Å². The van der Waals surface area contributed by atoms with Gasteiger partial charge in [-0.15, -0.1) is 11.8 Å². The SMILES string of the molecule is Cc1c(Cl)cccc1SCCCC(=O)N1CCCc2c(-c3cn[nH]c3)cccc21. The van der Waals surface area contributed by atoms with Crippen LogP contribution in [-0.4, -0.2) is 28.4 Å². The van der Waals surface area contributed by atoms with Crippen molar-refractivity contribution in [3.05, 3.63) is 64.9 Å². The molecule has 0 fully saturated rings. The molecule has 0 saturated carbocycles. The highest BCUT2D eigenvalue weighted by Gasteiger charge is 2.24. The fourth-order valence-electron chi connectivity index (χ4n) is 3.84. The van der Waals surface area contributed by atoms with E-state index in [9.17, 15) is 4.79 Å². The Morgan fingerprint density at radius 1 is 1.28 bits per heavy atom. The Balaban J connectivity index is 1.40. The molecular formula is C23H24ClN3OS. The van der Waals surface area contributed by atoms with E-state index in [2.05, 4.69) is 28.4 Å². The number of halogens is 1. The second-order valence-electron chi connectivity index (χ2n) is 7.25. The van der Waals surface area contributed by atoms with Crippen LogP contribution in [0.15, 0.2) is 53.7 Å². The maximum absolute atomic E-state index is 13.0. The second kappa shape index (κ2) is 9.06. The van der Waals surface area contributed by atoms with Crippen LogP contribution in [0.25, 0.3) is 11.1 Å². The van der Waals surface area contributed by atoms with Crippen molar-refractivity contribution in [2.75, 3.05) is 17.2 Å². The molecule has 2 aromatic carbocycles. The lowest BCUT2D eigenvalue weighted by atomic mass is 9.93. The number of anilines is 1. The zero-order chi connectivity index (χ0) is 20.2. The molecule has 3 aromatic rings. The van der Waals surface area contributed by atoms with Gasteiger partial charge in [-0.25, -0.2) is 0 Å². The van der Waals surface area contributed by atoms with E-state index in [0.29, 0.717) is 6.42 Å². The van der Waals surface area contributed by atoms with Gasteiger partial charge in [0.25, 0.3) is 0 Å². The van der Waals surface area contributed by atoms with Gasteiger partial charge in [0.05, 0.1) is 6.20 Å². The maximum Gasteiger partial charge on any atom is 0.227 e. The van der Waals surface area contributed by atoms with Crippen LogP contribution in [0.2, 0.25) is 5.02 Å². The number of nitrogens with zero attached hydrogens (tertiary/aromatic N) is 2. The van der Waals surface area contributed by atoms with E-state index in [1.54, 1.807) is 11.8 Å². The van der Waals surface area contributed by atoms with Crippen molar-refractivity contribution in [1.82, 2.24) is 10.2 Å². The summed E-state index contributed by atoms with van der Waals surface area (Å²) < 4.78 is 0. The molecule has 0 bridgehead atoms. The quantitative estimate of drug-likeness (QED) is 0.395. The summed E-state index contributed by atoms with van der Waals surface area (Å²) in [5.74, 6) is 1.11. The highest BCUT2D eigenvalue weighted by Crippen LogP contribution is 2.35. The van der Waals surface area contributed by atoms with Crippen molar-refractivity contribution in [1.29, 1.82) is 0 Å². The van der Waals surface area contributed by atoms with Crippen LogP contribution < -0.4 is 4.90 Å². The van der Waals surface area contributed by atoms with Crippen molar-refractivity contribution in [3.63, 3.8) is 0 Å². The molecular weight excluding hydrogens is 402 g/mol. The van der Waals surface area contributed by atoms with Gasteiger partial charge in [0.1, 0.15) is 0 Å². The van der Waals surface area contributed by atoms with Crippen LogP contribution in [-0.2, 0) is 11.2 Å². The molecule has 1 aliphatic rings. The predicted octanol–water partition coefficient (Wildman–Crippen LogP) is 5.89. The van der Waals surface area contributed by atoms with Gasteiger partial charge in [-0.2, -0.15) is 5.10 Å². The lowest BCUT2D eigenvalue weighted by molar-refractivity contribution is -0.118. The van der Waals surface area contributed by atoms with Crippen LogP contribution in [0.1, 0.15) is 30.4 Å². The molecule has 150 valence electrons. The third-order valence-corrected chi connectivity index (χ3v) is 7.03. The van der Waals surface area contributed by atoms with Crippen LogP contribution >= 0.6 is 23.4 Å². The Morgan fingerprint density at radius 2 is 2.14 bits per heavy atom. The largest absolute Gasteiger partial charge is 0.312 e. The normalized spacial score (nSPS) is 13.4. The van der Waals surface area contributed by atoms with Gasteiger partial charge < -0.3 is 4.90 Å². The molecule has 2 heterocycles. The highest BCUT2D eigenvalue weighted by molar-refractivity contribution is 7.99. The van der Waals surface area contributed by atoms with E-state index < -0.39 is 0 Å². The number of thioether (sulfide) groups is 1. The molecule has 0 atom stereocenters. The van der Waals surface area contributed by atoms with Gasteiger partial charge in [0, 0.05) is 40.3 Å². The molecule has 0 unspecified atom stereocenters. The minimum absolute atomic E-state index is 0.207. The smallest absolute Gasteiger partial charge is 0.227 e. The Kier molecular flexibility index (Phi) is 6.26. The number of carbonyl (C=O) groups excluding carboxylic acids is 1. The fourth-order valence-corrected chi connectivity index (χ4v) is 5.08. The van der Waals surface area contributed by atoms with Gasteiger partial charge in [0.2, 0.25) is 5.91 Å². The monoisotopic (exact) mass is 425 g/mol. The van der Waals surface area contributed by atoms with Crippen LogP contribution in [0, 0.1) is 6.92 Å². The van der Waals surface area contributed by atoms with E-state index in [0.717, 1.165) is 53.4 Å². The summed E-state index contributed by atoms with van der Waals surface area (Å²) in [6.07, 6.45) is 7.13. The fraction of sp³-hybridized carbons (Fsp3) is 0.304. The summed E-state index contributed by atoms with van der Waals surface area (Å²) in [4.78, 5) is 16.1. The molecule has 6 heteroatoms. The van der Waals surface area contributed by atoms with Gasteiger partial charge in [-0.1, -0.05) is 29.8 Å². The zero-order valence-corrected chi connectivity index (χ0v) is 18.0. The molecule has 0 spiro atoms. The van der Waals surface area contributed by atoms with Gasteiger partial charge >= 0.3 is 0 Å². The molecule has 1 N–H and O–H groups in total. The average Bonchev–Trinajstić information content (AvgIpc) is 3.27. The van der Waals surface area contributed by atoms with Gasteiger partial charge in [0.15, 0.2) is 0 Å². The van der Waals surface area contributed by atoms with Gasteiger partial charge in [-0.3, -0.25) is 9.89 Å². The summed E-state index contributed by atoms with van der Waals surface area (Å²) in [6.45, 7) is 2.83. The van der Waals surface area contributed by atoms with Crippen molar-refractivity contribution in [2.45, 2.75) is 37.5 Å². The van der Waals surface area contributed by atoms with Gasteiger partial charge in [-0.05, 0) is 66.8 Å². The standard InChI is InChI=1S/C23H24ClN3OS/c1-16-20(24)8-3-10-22(16)29-13-5-11-23(28)27-12-4-7-19-18(6-2-9-21(19)27)17-14-25-26-15-17/h2-3,6,8-10,14-15H,4-5,7,11-13H2,1H3,(H,25,26). The van der Waals surface area contributed by atoms with E-state index in [1.807, 2.05) is 42.4 Å². The first-order valence-corrected chi connectivity index (χ1v) is 11.3. The number of hydrogen-bond donors (Lipinski definition) is 1. The van der Waals surface area contributed by atoms with Crippen molar-refractivity contribution < 1.29 is 4.79 Å². The summed E-state index contributed by atoms with van der Waals surface area (Å²) in [6, 6.07) is 12.2. The zero-order valence-electron chi connectivity index (χ0n) is 16.5. The summed E-state index contributed by atoms with van der Waals surface area (Å²) in [5, 5.41) is 7.75. The number of amides is 1. The van der Waals surface area contributed by atoms with E-state index in [1.165, 1.54) is 16.0 Å². The summed E-state index contributed by atoms with van der Waals surface area (Å²) in [5.41, 5.74) is 5.66. The first kappa shape index (κ1) is 20.0. The average molecular weight is 426 g/mol. The van der Waals surface area contributed by atoms with Crippen molar-refractivity contribution in [2.24, 2.45) is 0 Å². The number of rotatable bonds is 6. The second-order valence-corrected chi connectivity index (χ2v) is 8.80. The number of nitrogens with one attached hydrogen (secondary N) is 1. The Labute approximate surface area is 180 Å². The molecule has 0 saturated heterocycles. The molecule has 1 amide bonds. The molecule has 1 aliphatic heterocycles. The lowest BCUT2D eigenvalue weighted by Gasteiger charge is -2.31. The Hall–Kier alpha value is -2.24. The Morgan fingerprint density at radius 3 is 2.97 bits per heavy atom. The van der Waals surface area contributed by atoms with Crippen LogP contribution in [0.5, 0.6) is 0 Å². The first-order valence-electron chi connectivity index (χ1n) is 9.94. The molecule has 0 aliphatic carbocycles. The topological polar surface area (TPSA) is 49.0 Å². The predicted molar refractivity (Wildman–Crippen MR) is 121 cm³/mol. The first-order chi connectivity index (χ1) is 14.1. The van der Waals surface area contributed by atoms with Crippen LogP contribution in [0.3, 0.4) is 0 Å². The number of fused-ring (bicyclic) bond motifs is 1. The van der Waals surface area contributed by atoms with E-state index in [4.69, 9.17) is 11.6 Å². The number of hydrogen-bond acceptors (Lipinski definition) is 3. The van der Waals surface area contributed by atoms with E-state index >= 15 is 0 Å². The molecule has 4 rings (SSSR count). The third kappa shape index (κ3) is 4.36. The number of carbonyl (C=O) groups is 1. The van der Waals surface area contributed by atoms with E-state index in [-0.39, 0.29) is 5.91 Å². The molecule has 0 radical (unpaired) electrons. The highest BCUT2D eigenvalue weighted by atomic mass is 35.5. The molecule has 29 heavy (non-hydrogen) atoms. The number of aromatic nitrogens is 2. The number of benzene rings is 2. The summed E-state index contributed by atoms with van der Waals surface area (Å²) in [7, 11) is 0. The molecule has 4 nitrogen and oxygen atoms in total. The molecule has 1 aromatic heterocycles. The third-order valence-electron chi connectivity index (χ3n) is 5.37.